The Morgan fingerprint density at radius 2 is 2.00 bits per heavy atom. The Labute approximate surface area is 232 Å². The van der Waals surface area contributed by atoms with E-state index in [1.807, 2.05) is 30.3 Å². The minimum absolute atomic E-state index is 0.0247. The van der Waals surface area contributed by atoms with E-state index in [4.69, 9.17) is 9.57 Å². The second-order valence-corrected chi connectivity index (χ2v) is 10.3. The van der Waals surface area contributed by atoms with Gasteiger partial charge < -0.3 is 25.3 Å². The van der Waals surface area contributed by atoms with Crippen LogP contribution >= 0.6 is 15.9 Å². The predicted molar refractivity (Wildman–Crippen MR) is 145 cm³/mol. The Balaban J connectivity index is 1.25. The summed E-state index contributed by atoms with van der Waals surface area (Å²) >= 11 is 3.27. The molecule has 0 radical (unpaired) electrons. The minimum atomic E-state index is -0.868. The SMILES string of the molecule is O=C(N[C@@H]1C[C@@H](C(=O)NCC2CC(Br)=NO2)N(C(=O)OCc2cnc3ccccc3c2)C1)c1cccc(O)c1. The zero-order valence-corrected chi connectivity index (χ0v) is 22.3. The van der Waals surface area contributed by atoms with Crippen LogP contribution in [-0.2, 0) is 21.0 Å². The van der Waals surface area contributed by atoms with Crippen LogP contribution in [0.2, 0.25) is 0 Å². The highest BCUT2D eigenvalue weighted by molar-refractivity contribution is 9.18. The molecule has 2 aliphatic heterocycles. The summed E-state index contributed by atoms with van der Waals surface area (Å²) in [5.41, 5.74) is 1.81. The maximum atomic E-state index is 13.2. The van der Waals surface area contributed by atoms with Crippen LogP contribution in [0.5, 0.6) is 5.75 Å². The molecule has 3 aromatic rings. The highest BCUT2D eigenvalue weighted by atomic mass is 79.9. The van der Waals surface area contributed by atoms with E-state index in [2.05, 4.69) is 36.7 Å². The second-order valence-electron chi connectivity index (χ2n) is 9.36. The number of hydrogen-bond donors (Lipinski definition) is 3. The number of carbonyl (C=O) groups is 3. The molecule has 2 aliphatic rings. The van der Waals surface area contributed by atoms with Gasteiger partial charge in [-0.2, -0.15) is 0 Å². The Bertz CT molecular complexity index is 1430. The number of carbonyl (C=O) groups excluding carboxylic acids is 3. The lowest BCUT2D eigenvalue weighted by Crippen LogP contribution is -2.47. The number of para-hydroxylation sites is 1. The molecule has 39 heavy (non-hydrogen) atoms. The number of phenolic OH excluding ortho intramolecular Hbond substituents is 1. The van der Waals surface area contributed by atoms with Crippen molar-refractivity contribution in [1.29, 1.82) is 0 Å². The lowest BCUT2D eigenvalue weighted by atomic mass is 10.1. The molecular formula is C27H26BrN5O6. The summed E-state index contributed by atoms with van der Waals surface area (Å²) in [6.45, 7) is 0.259. The zero-order chi connectivity index (χ0) is 27.4. The average Bonchev–Trinajstić information content (AvgIpc) is 3.56. The molecule has 2 aromatic carbocycles. The van der Waals surface area contributed by atoms with Gasteiger partial charge in [0, 0.05) is 41.7 Å². The maximum absolute atomic E-state index is 13.2. The van der Waals surface area contributed by atoms with Crippen molar-refractivity contribution in [1.82, 2.24) is 20.5 Å². The van der Waals surface area contributed by atoms with E-state index in [0.717, 1.165) is 10.9 Å². The number of benzene rings is 2. The summed E-state index contributed by atoms with van der Waals surface area (Å²) in [7, 11) is 0. The summed E-state index contributed by atoms with van der Waals surface area (Å²) in [6, 6.07) is 14.1. The third-order valence-electron chi connectivity index (χ3n) is 6.49. The molecule has 1 saturated heterocycles. The topological polar surface area (TPSA) is 142 Å². The fraction of sp³-hybridized carbons (Fsp3) is 0.296. The first kappa shape index (κ1) is 26.4. The molecule has 3 N–H and O–H groups in total. The molecule has 0 saturated carbocycles. The normalized spacial score (nSPS) is 20.3. The predicted octanol–water partition coefficient (Wildman–Crippen LogP) is 3.06. The number of nitrogens with one attached hydrogen (secondary N) is 2. The molecule has 1 fully saturated rings. The zero-order valence-electron chi connectivity index (χ0n) is 20.7. The van der Waals surface area contributed by atoms with Gasteiger partial charge in [-0.15, -0.1) is 0 Å². The van der Waals surface area contributed by atoms with Gasteiger partial charge in [0.1, 0.15) is 23.0 Å². The lowest BCUT2D eigenvalue weighted by Gasteiger charge is -2.23. The van der Waals surface area contributed by atoms with Crippen LogP contribution in [0.25, 0.3) is 10.9 Å². The molecule has 1 unspecified atom stereocenters. The van der Waals surface area contributed by atoms with Crippen molar-refractivity contribution >= 4 is 49.4 Å². The maximum Gasteiger partial charge on any atom is 0.410 e. The molecule has 12 heteroatoms. The summed E-state index contributed by atoms with van der Waals surface area (Å²) in [5, 5.41) is 20.1. The van der Waals surface area contributed by atoms with E-state index in [1.54, 1.807) is 18.3 Å². The van der Waals surface area contributed by atoms with E-state index in [-0.39, 0.29) is 49.4 Å². The van der Waals surface area contributed by atoms with Gasteiger partial charge in [0.15, 0.2) is 6.10 Å². The van der Waals surface area contributed by atoms with E-state index in [1.165, 1.54) is 17.0 Å². The van der Waals surface area contributed by atoms with Gasteiger partial charge in [-0.1, -0.05) is 29.4 Å². The first-order valence-corrected chi connectivity index (χ1v) is 13.2. The van der Waals surface area contributed by atoms with Gasteiger partial charge in [0.2, 0.25) is 5.91 Å². The minimum Gasteiger partial charge on any atom is -0.508 e. The molecule has 0 spiro atoms. The van der Waals surface area contributed by atoms with Gasteiger partial charge in [0.05, 0.1) is 12.1 Å². The first-order valence-electron chi connectivity index (χ1n) is 12.4. The van der Waals surface area contributed by atoms with Gasteiger partial charge >= 0.3 is 6.09 Å². The number of pyridine rings is 1. The van der Waals surface area contributed by atoms with Crippen molar-refractivity contribution in [3.8, 4) is 5.75 Å². The smallest absolute Gasteiger partial charge is 0.410 e. The number of aromatic hydroxyl groups is 1. The van der Waals surface area contributed by atoms with Crippen molar-refractivity contribution in [3.63, 3.8) is 0 Å². The molecular weight excluding hydrogens is 570 g/mol. The molecule has 3 atom stereocenters. The molecule has 0 aliphatic carbocycles. The number of oxime groups is 1. The molecule has 3 amide bonds. The van der Waals surface area contributed by atoms with Crippen molar-refractivity contribution < 1.29 is 29.1 Å². The van der Waals surface area contributed by atoms with Crippen LogP contribution < -0.4 is 10.6 Å². The average molecular weight is 596 g/mol. The van der Waals surface area contributed by atoms with Gasteiger partial charge in [-0.25, -0.2) is 4.79 Å². The third-order valence-corrected chi connectivity index (χ3v) is 6.96. The van der Waals surface area contributed by atoms with Crippen LogP contribution in [0.15, 0.2) is 65.9 Å². The summed E-state index contributed by atoms with van der Waals surface area (Å²) in [6.07, 6.45) is 1.37. The number of nitrogens with zero attached hydrogens (tertiary/aromatic N) is 3. The van der Waals surface area contributed by atoms with E-state index >= 15 is 0 Å². The first-order chi connectivity index (χ1) is 18.9. The van der Waals surface area contributed by atoms with E-state index < -0.39 is 24.1 Å². The summed E-state index contributed by atoms with van der Waals surface area (Å²) in [4.78, 5) is 50.0. The lowest BCUT2D eigenvalue weighted by molar-refractivity contribution is -0.125. The van der Waals surface area contributed by atoms with Crippen LogP contribution in [0.1, 0.15) is 28.8 Å². The number of hydrogen-bond acceptors (Lipinski definition) is 8. The fourth-order valence-electron chi connectivity index (χ4n) is 4.57. The van der Waals surface area contributed by atoms with E-state index in [9.17, 15) is 19.5 Å². The van der Waals surface area contributed by atoms with Crippen LogP contribution in [0, 0.1) is 0 Å². The Hall–Kier alpha value is -4.19. The number of aromatic nitrogens is 1. The monoisotopic (exact) mass is 595 g/mol. The van der Waals surface area contributed by atoms with E-state index in [0.29, 0.717) is 16.6 Å². The van der Waals surface area contributed by atoms with Crippen LogP contribution in [-0.4, -0.2) is 68.8 Å². The molecule has 202 valence electrons. The Morgan fingerprint density at radius 3 is 2.79 bits per heavy atom. The molecule has 1 aromatic heterocycles. The third kappa shape index (κ3) is 6.45. The van der Waals surface area contributed by atoms with Gasteiger partial charge in [-0.05, 0) is 52.7 Å². The van der Waals surface area contributed by atoms with Gasteiger partial charge in [-0.3, -0.25) is 19.5 Å². The second kappa shape index (κ2) is 11.7. The molecule has 5 rings (SSSR count). The summed E-state index contributed by atoms with van der Waals surface area (Å²) < 4.78 is 6.22. The van der Waals surface area contributed by atoms with Gasteiger partial charge in [0.25, 0.3) is 5.91 Å². The number of amides is 3. The van der Waals surface area contributed by atoms with Crippen molar-refractivity contribution in [2.24, 2.45) is 5.16 Å². The highest BCUT2D eigenvalue weighted by Gasteiger charge is 2.41. The largest absolute Gasteiger partial charge is 0.508 e. The van der Waals surface area contributed by atoms with Crippen LogP contribution in [0.4, 0.5) is 4.79 Å². The quantitative estimate of drug-likeness (QED) is 0.381. The van der Waals surface area contributed by atoms with Crippen molar-refractivity contribution in [3.05, 3.63) is 71.9 Å². The number of ether oxygens (including phenoxy) is 1. The number of phenols is 1. The van der Waals surface area contributed by atoms with Crippen LogP contribution in [0.3, 0.4) is 0 Å². The molecule has 0 bridgehead atoms. The number of fused-ring (bicyclic) bond motifs is 1. The summed E-state index contributed by atoms with van der Waals surface area (Å²) in [5.74, 6) is -0.849. The number of rotatable bonds is 7. The van der Waals surface area contributed by atoms with Crippen molar-refractivity contribution in [2.75, 3.05) is 13.1 Å². The Kier molecular flexibility index (Phi) is 7.92. The Morgan fingerprint density at radius 1 is 1.15 bits per heavy atom. The number of likely N-dealkylation sites (tertiary alicyclic amines) is 1. The highest BCUT2D eigenvalue weighted by Crippen LogP contribution is 2.22. The number of halogens is 1. The standard InChI is InChI=1S/C27H26BrN5O6/c28-24-11-21(39-32-24)13-30-26(36)23-10-19(31-25(35)18-5-3-6-20(34)9-18)14-33(23)27(37)38-15-16-8-17-4-1-2-7-22(17)29-12-16/h1-9,12,19,21,23,34H,10-11,13-15H2,(H,30,36)(H,31,35)/t19-,21?,23+/m1/s1. The fourth-order valence-corrected chi connectivity index (χ4v) is 5.01. The molecule has 11 nitrogen and oxygen atoms in total. The van der Waals surface area contributed by atoms with Crippen molar-refractivity contribution in [2.45, 2.75) is 37.6 Å². The molecule has 3 heterocycles.